The Morgan fingerprint density at radius 3 is 2.49 bits per heavy atom. The first-order chi connectivity index (χ1) is 20.7. The maximum Gasteiger partial charge on any atom is 0.459 e. The summed E-state index contributed by atoms with van der Waals surface area (Å²) in [7, 11) is -4.12. The minimum absolute atomic E-state index is 0.0534. The van der Waals surface area contributed by atoms with E-state index in [0.29, 0.717) is 29.5 Å². The van der Waals surface area contributed by atoms with Crippen molar-refractivity contribution in [3.8, 4) is 5.75 Å². The van der Waals surface area contributed by atoms with Gasteiger partial charge in [-0.05, 0) is 45.2 Å². The number of benzene rings is 3. The molecule has 0 radical (unpaired) electrons. The van der Waals surface area contributed by atoms with E-state index in [1.807, 2.05) is 66.1 Å². The van der Waals surface area contributed by atoms with Gasteiger partial charge in [0.25, 0.3) is 0 Å². The van der Waals surface area contributed by atoms with E-state index < -0.39 is 19.8 Å². The van der Waals surface area contributed by atoms with Crippen LogP contribution in [0.15, 0.2) is 66.7 Å². The molecule has 5 rings (SSSR count). The van der Waals surface area contributed by atoms with Crippen LogP contribution in [-0.2, 0) is 36.5 Å². The molecule has 0 aliphatic carbocycles. The van der Waals surface area contributed by atoms with Gasteiger partial charge in [0, 0.05) is 23.9 Å². The molecular formula is C31H36N5O6P. The molecule has 3 aromatic carbocycles. The number of hydrogen-bond donors (Lipinski definition) is 2. The van der Waals surface area contributed by atoms with Crippen molar-refractivity contribution in [2.24, 2.45) is 0 Å². The van der Waals surface area contributed by atoms with E-state index in [0.717, 1.165) is 27.2 Å². The van der Waals surface area contributed by atoms with Crippen molar-refractivity contribution in [3.05, 3.63) is 72.6 Å². The minimum Gasteiger partial charge on any atom is -0.462 e. The number of para-hydroxylation sites is 1. The molecule has 5 aromatic rings. The maximum atomic E-state index is 14.3. The lowest BCUT2D eigenvalue weighted by Gasteiger charge is -2.24. The molecule has 3 N–H and O–H groups in total. The highest BCUT2D eigenvalue weighted by molar-refractivity contribution is 7.52. The lowest BCUT2D eigenvalue weighted by atomic mass is 10.1. The van der Waals surface area contributed by atoms with Gasteiger partial charge in [0.1, 0.15) is 29.7 Å². The Hall–Kier alpha value is -4.02. The highest BCUT2D eigenvalue weighted by atomic mass is 31.2. The molecule has 0 bridgehead atoms. The third-order valence-corrected chi connectivity index (χ3v) is 8.39. The smallest absolute Gasteiger partial charge is 0.459 e. The fraction of sp³-hybridized carbons (Fsp3) is 0.323. The maximum absolute atomic E-state index is 14.3. The summed E-state index contributed by atoms with van der Waals surface area (Å²) in [5.74, 6) is 0.704. The molecule has 2 aromatic heterocycles. The number of hydrogen-bond acceptors (Lipinski definition) is 9. The highest BCUT2D eigenvalue weighted by Crippen LogP contribution is 2.47. The normalized spacial score (nSPS) is 13.9. The fourth-order valence-corrected chi connectivity index (χ4v) is 6.32. The SMILES string of the molecule is CCOCc1nc2c(N)nc3ccccc3c2n1CCO[P@](=O)(N[C@@H](C)C(=O)OC(C)C)Oc1cccc2ccccc12. The Kier molecular flexibility index (Phi) is 9.27. The van der Waals surface area contributed by atoms with Crippen molar-refractivity contribution in [2.75, 3.05) is 18.9 Å². The van der Waals surface area contributed by atoms with Gasteiger partial charge in [-0.15, -0.1) is 0 Å². The van der Waals surface area contributed by atoms with Crippen LogP contribution in [0, 0.1) is 0 Å². The Balaban J connectivity index is 1.47. The summed E-state index contributed by atoms with van der Waals surface area (Å²) in [6, 6.07) is 19.7. The molecule has 0 spiro atoms. The summed E-state index contributed by atoms with van der Waals surface area (Å²) in [4.78, 5) is 21.9. The monoisotopic (exact) mass is 605 g/mol. The molecular weight excluding hydrogens is 569 g/mol. The summed E-state index contributed by atoms with van der Waals surface area (Å²) < 4.78 is 39.3. The number of nitrogens with two attached hydrogens (primary N) is 1. The van der Waals surface area contributed by atoms with Crippen molar-refractivity contribution in [3.63, 3.8) is 0 Å². The summed E-state index contributed by atoms with van der Waals surface area (Å²) in [5.41, 5.74) is 8.35. The number of fused-ring (bicyclic) bond motifs is 4. The average Bonchev–Trinajstić information content (AvgIpc) is 3.35. The third kappa shape index (κ3) is 6.81. The van der Waals surface area contributed by atoms with E-state index >= 15 is 0 Å². The largest absolute Gasteiger partial charge is 0.462 e. The number of pyridine rings is 1. The lowest BCUT2D eigenvalue weighted by Crippen LogP contribution is -2.36. The summed E-state index contributed by atoms with van der Waals surface area (Å²) in [5, 5.41) is 5.29. The lowest BCUT2D eigenvalue weighted by molar-refractivity contribution is -0.149. The first kappa shape index (κ1) is 30.4. The molecule has 0 saturated heterocycles. The van der Waals surface area contributed by atoms with Gasteiger partial charge >= 0.3 is 13.7 Å². The van der Waals surface area contributed by atoms with Crippen LogP contribution in [0.2, 0.25) is 0 Å². The van der Waals surface area contributed by atoms with Crippen LogP contribution in [0.4, 0.5) is 5.82 Å². The zero-order valence-electron chi connectivity index (χ0n) is 24.6. The van der Waals surface area contributed by atoms with Crippen LogP contribution >= 0.6 is 7.75 Å². The van der Waals surface area contributed by atoms with Crippen molar-refractivity contribution in [1.82, 2.24) is 19.6 Å². The Bertz CT molecular complexity index is 1800. The van der Waals surface area contributed by atoms with Crippen molar-refractivity contribution < 1.29 is 27.9 Å². The van der Waals surface area contributed by atoms with Gasteiger partial charge in [-0.2, -0.15) is 5.09 Å². The third-order valence-electron chi connectivity index (χ3n) is 6.73. The quantitative estimate of drug-likeness (QED) is 0.121. The van der Waals surface area contributed by atoms with Crippen molar-refractivity contribution in [1.29, 1.82) is 0 Å². The van der Waals surface area contributed by atoms with E-state index in [1.165, 1.54) is 0 Å². The van der Waals surface area contributed by atoms with Gasteiger partial charge in [-0.3, -0.25) is 9.32 Å². The number of nitrogen functional groups attached to an aromatic ring is 1. The number of nitrogens with zero attached hydrogens (tertiary/aromatic N) is 3. The molecule has 11 nitrogen and oxygen atoms in total. The highest BCUT2D eigenvalue weighted by Gasteiger charge is 2.33. The van der Waals surface area contributed by atoms with E-state index in [1.54, 1.807) is 32.9 Å². The second-order valence-corrected chi connectivity index (χ2v) is 12.0. The molecule has 0 unspecified atom stereocenters. The Labute approximate surface area is 249 Å². The van der Waals surface area contributed by atoms with Crippen LogP contribution in [0.25, 0.3) is 32.7 Å². The first-order valence-corrected chi connectivity index (χ1v) is 15.7. The second kappa shape index (κ2) is 13.1. The molecule has 43 heavy (non-hydrogen) atoms. The number of anilines is 1. The molecule has 12 heteroatoms. The van der Waals surface area contributed by atoms with Gasteiger partial charge in [0.15, 0.2) is 5.82 Å². The molecule has 0 saturated carbocycles. The number of nitrogens with one attached hydrogen (secondary N) is 1. The Morgan fingerprint density at radius 2 is 1.72 bits per heavy atom. The molecule has 0 aliphatic heterocycles. The molecule has 2 heterocycles. The van der Waals surface area contributed by atoms with Crippen molar-refractivity contribution in [2.45, 2.75) is 53.0 Å². The van der Waals surface area contributed by atoms with Gasteiger partial charge < -0.3 is 24.3 Å². The van der Waals surface area contributed by atoms with Gasteiger partial charge in [-0.1, -0.05) is 54.6 Å². The summed E-state index contributed by atoms with van der Waals surface area (Å²) in [6.45, 7) is 7.86. The van der Waals surface area contributed by atoms with Crippen LogP contribution in [0.3, 0.4) is 0 Å². The van der Waals surface area contributed by atoms with Crippen LogP contribution in [0.5, 0.6) is 5.75 Å². The predicted octanol–water partition coefficient (Wildman–Crippen LogP) is 5.99. The zero-order valence-corrected chi connectivity index (χ0v) is 25.5. The number of imidazole rings is 1. The molecule has 226 valence electrons. The zero-order chi connectivity index (χ0) is 30.6. The molecule has 0 aliphatic rings. The topological polar surface area (TPSA) is 140 Å². The van der Waals surface area contributed by atoms with Gasteiger partial charge in [0.2, 0.25) is 0 Å². The average molecular weight is 606 g/mol. The van der Waals surface area contributed by atoms with E-state index in [-0.39, 0.29) is 25.9 Å². The Morgan fingerprint density at radius 1 is 1.00 bits per heavy atom. The van der Waals surface area contributed by atoms with E-state index in [9.17, 15) is 9.36 Å². The van der Waals surface area contributed by atoms with Crippen LogP contribution in [0.1, 0.15) is 33.5 Å². The standard InChI is InChI=1S/C31H36N5O6P/c1-5-39-19-27-34-28-29(24-14-8-9-15-25(24)33-30(28)32)36(27)17-18-40-43(38,35-21(4)31(37)41-20(2)3)42-26-16-10-12-22-11-6-7-13-23(22)26/h6-16,20-21H,5,17-19H2,1-4H3,(H2,32,33)(H,35,38)/t21-,43+/m0/s1. The van der Waals surface area contributed by atoms with Crippen molar-refractivity contribution >= 4 is 52.2 Å². The number of esters is 1. The van der Waals surface area contributed by atoms with E-state index in [4.69, 9.17) is 29.2 Å². The van der Waals surface area contributed by atoms with E-state index in [2.05, 4.69) is 10.1 Å². The number of rotatable bonds is 13. The summed E-state index contributed by atoms with van der Waals surface area (Å²) in [6.07, 6.45) is -0.342. The summed E-state index contributed by atoms with van der Waals surface area (Å²) >= 11 is 0. The number of carbonyl (C=O) groups is 1. The van der Waals surface area contributed by atoms with Gasteiger partial charge in [0.05, 0.1) is 23.7 Å². The number of ether oxygens (including phenoxy) is 2. The number of aromatic nitrogens is 3. The van der Waals surface area contributed by atoms with Crippen LogP contribution < -0.4 is 15.3 Å². The minimum atomic E-state index is -4.12. The molecule has 0 fully saturated rings. The molecule has 2 atom stereocenters. The van der Waals surface area contributed by atoms with Crippen LogP contribution in [-0.4, -0.2) is 45.9 Å². The predicted molar refractivity (Wildman–Crippen MR) is 167 cm³/mol. The first-order valence-electron chi connectivity index (χ1n) is 14.2. The second-order valence-electron chi connectivity index (χ2n) is 10.3. The van der Waals surface area contributed by atoms with Gasteiger partial charge in [-0.25, -0.2) is 14.5 Å². The molecule has 0 amide bonds. The number of carbonyl (C=O) groups excluding carboxylic acids is 1. The fourth-order valence-electron chi connectivity index (χ4n) is 4.82.